The van der Waals surface area contributed by atoms with Gasteiger partial charge in [-0.3, -0.25) is 0 Å². The maximum Gasteiger partial charge on any atom is 0.0258 e. The fourth-order valence-corrected chi connectivity index (χ4v) is 2.54. The zero-order valence-electron chi connectivity index (χ0n) is 8.47. The standard InChI is InChI=1S/C13H12S2/c1-10-6-2-3-7-11(10)12-8-4-5-9-13(12)15-14/h2-9,14H,1H3. The monoisotopic (exact) mass is 232 g/mol. The number of aryl methyl sites for hydroxylation is 1. The van der Waals surface area contributed by atoms with Crippen molar-refractivity contribution in [1.82, 2.24) is 0 Å². The molecule has 0 bridgehead atoms. The topological polar surface area (TPSA) is 0 Å². The fourth-order valence-electron chi connectivity index (χ4n) is 1.64. The van der Waals surface area contributed by atoms with Crippen molar-refractivity contribution in [1.29, 1.82) is 0 Å². The molecule has 0 heterocycles. The van der Waals surface area contributed by atoms with Crippen molar-refractivity contribution in [3.8, 4) is 11.1 Å². The summed E-state index contributed by atoms with van der Waals surface area (Å²) in [5.41, 5.74) is 3.84. The van der Waals surface area contributed by atoms with Gasteiger partial charge in [0, 0.05) is 4.90 Å². The van der Waals surface area contributed by atoms with Crippen molar-refractivity contribution in [2.24, 2.45) is 0 Å². The molecule has 0 saturated carbocycles. The molecule has 0 spiro atoms. The molecule has 0 fully saturated rings. The van der Waals surface area contributed by atoms with Crippen LogP contribution < -0.4 is 0 Å². The molecule has 0 saturated heterocycles. The van der Waals surface area contributed by atoms with Gasteiger partial charge in [0.15, 0.2) is 0 Å². The maximum absolute atomic E-state index is 4.28. The molecule has 2 aromatic carbocycles. The lowest BCUT2D eigenvalue weighted by Gasteiger charge is -2.09. The van der Waals surface area contributed by atoms with Gasteiger partial charge in [0.25, 0.3) is 0 Å². The number of hydrogen-bond donors (Lipinski definition) is 1. The van der Waals surface area contributed by atoms with Gasteiger partial charge in [-0.2, -0.15) is 0 Å². The summed E-state index contributed by atoms with van der Waals surface area (Å²) in [6.07, 6.45) is 0. The van der Waals surface area contributed by atoms with Gasteiger partial charge in [-0.15, -0.1) is 11.7 Å². The summed E-state index contributed by atoms with van der Waals surface area (Å²) in [6.45, 7) is 2.13. The Bertz CT molecular complexity index is 464. The highest BCUT2D eigenvalue weighted by Crippen LogP contribution is 2.34. The van der Waals surface area contributed by atoms with Gasteiger partial charge < -0.3 is 0 Å². The molecule has 2 aromatic rings. The third-order valence-electron chi connectivity index (χ3n) is 2.42. The van der Waals surface area contributed by atoms with Crippen LogP contribution in [-0.4, -0.2) is 0 Å². The fraction of sp³-hybridized carbons (Fsp3) is 0.0769. The normalized spacial score (nSPS) is 10.3. The van der Waals surface area contributed by atoms with Crippen molar-refractivity contribution in [3.63, 3.8) is 0 Å². The van der Waals surface area contributed by atoms with E-state index in [1.807, 2.05) is 6.07 Å². The lowest BCUT2D eigenvalue weighted by Crippen LogP contribution is -1.84. The molecular formula is C13H12S2. The molecule has 15 heavy (non-hydrogen) atoms. The highest BCUT2D eigenvalue weighted by Gasteiger charge is 2.05. The third-order valence-corrected chi connectivity index (χ3v) is 3.56. The van der Waals surface area contributed by atoms with Crippen LogP contribution in [0.2, 0.25) is 0 Å². The molecule has 0 aliphatic rings. The molecule has 0 atom stereocenters. The first kappa shape index (κ1) is 10.7. The first-order valence-corrected chi connectivity index (χ1v) is 6.66. The van der Waals surface area contributed by atoms with Crippen molar-refractivity contribution in [2.75, 3.05) is 0 Å². The Morgan fingerprint density at radius 1 is 0.867 bits per heavy atom. The lowest BCUT2D eigenvalue weighted by atomic mass is 10.0. The Hall–Kier alpha value is -0.860. The summed E-state index contributed by atoms with van der Waals surface area (Å²) in [5, 5.41) is 0. The van der Waals surface area contributed by atoms with Gasteiger partial charge in [-0.1, -0.05) is 53.3 Å². The van der Waals surface area contributed by atoms with Crippen molar-refractivity contribution >= 4 is 22.5 Å². The summed E-state index contributed by atoms with van der Waals surface area (Å²) in [7, 11) is 1.49. The summed E-state index contributed by atoms with van der Waals surface area (Å²) in [5.74, 6) is 0. The van der Waals surface area contributed by atoms with Gasteiger partial charge in [0.1, 0.15) is 0 Å². The summed E-state index contributed by atoms with van der Waals surface area (Å²) >= 11 is 4.28. The molecule has 2 heteroatoms. The minimum atomic E-state index is 1.20. The Labute approximate surface area is 99.5 Å². The second-order valence-corrected chi connectivity index (χ2v) is 4.57. The Morgan fingerprint density at radius 2 is 1.47 bits per heavy atom. The highest BCUT2D eigenvalue weighted by molar-refractivity contribution is 8.68. The van der Waals surface area contributed by atoms with Crippen LogP contribution in [0.1, 0.15) is 5.56 Å². The van der Waals surface area contributed by atoms with E-state index in [0.29, 0.717) is 0 Å². The summed E-state index contributed by atoms with van der Waals surface area (Å²) in [4.78, 5) is 1.20. The predicted molar refractivity (Wildman–Crippen MR) is 71.5 cm³/mol. The van der Waals surface area contributed by atoms with Crippen LogP contribution in [0.3, 0.4) is 0 Å². The van der Waals surface area contributed by atoms with Crippen LogP contribution in [0, 0.1) is 6.92 Å². The Kier molecular flexibility index (Phi) is 3.39. The van der Waals surface area contributed by atoms with E-state index in [0.717, 1.165) is 0 Å². The van der Waals surface area contributed by atoms with Crippen molar-refractivity contribution in [3.05, 3.63) is 54.1 Å². The summed E-state index contributed by atoms with van der Waals surface area (Å²) in [6, 6.07) is 16.8. The number of rotatable bonds is 2. The molecule has 76 valence electrons. The Balaban J connectivity index is 2.59. The SMILES string of the molecule is Cc1ccccc1-c1ccccc1SS. The zero-order valence-corrected chi connectivity index (χ0v) is 10.2. The van der Waals surface area contributed by atoms with E-state index in [-0.39, 0.29) is 0 Å². The van der Waals surface area contributed by atoms with Crippen LogP contribution in [0.25, 0.3) is 11.1 Å². The molecule has 2 rings (SSSR count). The smallest absolute Gasteiger partial charge is 0.0258 e. The second kappa shape index (κ2) is 4.77. The minimum Gasteiger partial charge on any atom is -0.106 e. The van der Waals surface area contributed by atoms with Gasteiger partial charge in [-0.05, 0) is 29.7 Å². The maximum atomic E-state index is 4.28. The average Bonchev–Trinajstić information content (AvgIpc) is 2.30. The first-order valence-electron chi connectivity index (χ1n) is 4.79. The molecule has 0 aromatic heterocycles. The molecular weight excluding hydrogens is 220 g/mol. The lowest BCUT2D eigenvalue weighted by molar-refractivity contribution is 1.40. The highest BCUT2D eigenvalue weighted by atomic mass is 33.1. The van der Waals surface area contributed by atoms with Crippen LogP contribution in [0.4, 0.5) is 0 Å². The molecule has 0 radical (unpaired) electrons. The minimum absolute atomic E-state index is 1.20. The molecule has 0 aliphatic heterocycles. The van der Waals surface area contributed by atoms with E-state index >= 15 is 0 Å². The van der Waals surface area contributed by atoms with Crippen LogP contribution >= 0.6 is 22.5 Å². The molecule has 0 N–H and O–H groups in total. The van der Waals surface area contributed by atoms with Crippen LogP contribution in [0.5, 0.6) is 0 Å². The molecule has 0 amide bonds. The van der Waals surface area contributed by atoms with Crippen LogP contribution in [-0.2, 0) is 0 Å². The largest absolute Gasteiger partial charge is 0.106 e. The molecule has 0 nitrogen and oxygen atoms in total. The van der Waals surface area contributed by atoms with Gasteiger partial charge in [-0.25, -0.2) is 0 Å². The van der Waals surface area contributed by atoms with E-state index in [1.165, 1.54) is 32.4 Å². The van der Waals surface area contributed by atoms with Gasteiger partial charge in [0.2, 0.25) is 0 Å². The first-order chi connectivity index (χ1) is 7.33. The average molecular weight is 232 g/mol. The molecule has 0 aliphatic carbocycles. The van der Waals surface area contributed by atoms with Gasteiger partial charge >= 0.3 is 0 Å². The van der Waals surface area contributed by atoms with E-state index < -0.39 is 0 Å². The quantitative estimate of drug-likeness (QED) is 0.583. The van der Waals surface area contributed by atoms with E-state index in [2.05, 4.69) is 61.0 Å². The zero-order chi connectivity index (χ0) is 10.7. The number of hydrogen-bond acceptors (Lipinski definition) is 2. The van der Waals surface area contributed by atoms with Crippen LogP contribution in [0.15, 0.2) is 53.4 Å². The van der Waals surface area contributed by atoms with Crippen molar-refractivity contribution < 1.29 is 0 Å². The summed E-state index contributed by atoms with van der Waals surface area (Å²) < 4.78 is 0. The number of benzene rings is 2. The predicted octanol–water partition coefficient (Wildman–Crippen LogP) is 4.60. The molecule has 0 unspecified atom stereocenters. The van der Waals surface area contributed by atoms with E-state index in [1.54, 1.807) is 0 Å². The third kappa shape index (κ3) is 2.21. The van der Waals surface area contributed by atoms with E-state index in [9.17, 15) is 0 Å². The van der Waals surface area contributed by atoms with Gasteiger partial charge in [0.05, 0.1) is 0 Å². The Morgan fingerprint density at radius 3 is 2.13 bits per heavy atom. The number of thiol groups is 1. The van der Waals surface area contributed by atoms with Crippen molar-refractivity contribution in [2.45, 2.75) is 11.8 Å². The van der Waals surface area contributed by atoms with E-state index in [4.69, 9.17) is 0 Å². The second-order valence-electron chi connectivity index (χ2n) is 3.40.